The Kier molecular flexibility index (Phi) is 5.13. The maximum Gasteiger partial charge on any atom is 0.246 e. The monoisotopic (exact) mass is 337 g/mol. The van der Waals surface area contributed by atoms with Gasteiger partial charge in [-0.25, -0.2) is 9.37 Å². The molecule has 1 amide bonds. The van der Waals surface area contributed by atoms with Crippen molar-refractivity contribution in [2.45, 2.75) is 25.8 Å². The van der Waals surface area contributed by atoms with Gasteiger partial charge in [-0.3, -0.25) is 4.79 Å². The number of halogens is 1. The second-order valence-electron chi connectivity index (χ2n) is 6.33. The van der Waals surface area contributed by atoms with Crippen molar-refractivity contribution in [3.05, 3.63) is 12.0 Å². The number of anilines is 2. The van der Waals surface area contributed by atoms with Crippen molar-refractivity contribution in [3.63, 3.8) is 0 Å². The van der Waals surface area contributed by atoms with E-state index >= 15 is 0 Å². The summed E-state index contributed by atoms with van der Waals surface area (Å²) in [4.78, 5) is 22.4. The highest BCUT2D eigenvalue weighted by atomic mass is 19.1. The highest BCUT2D eigenvalue weighted by Crippen LogP contribution is 2.42. The topological polar surface area (TPSA) is 79.4 Å². The highest BCUT2D eigenvalue weighted by molar-refractivity contribution is 5.77. The number of aromatic nitrogens is 2. The van der Waals surface area contributed by atoms with Gasteiger partial charge in [0.1, 0.15) is 6.61 Å². The van der Waals surface area contributed by atoms with Gasteiger partial charge in [-0.05, 0) is 25.7 Å². The predicted octanol–water partition coefficient (Wildman–Crippen LogP) is 1.02. The Morgan fingerprint density at radius 2 is 2.25 bits per heavy atom. The summed E-state index contributed by atoms with van der Waals surface area (Å²) in [7, 11) is 1.63. The molecular weight excluding hydrogens is 313 g/mol. The lowest BCUT2D eigenvalue weighted by atomic mass is 9.98. The molecule has 0 aromatic carbocycles. The molecule has 24 heavy (non-hydrogen) atoms. The van der Waals surface area contributed by atoms with Gasteiger partial charge in [-0.15, -0.1) is 0 Å². The van der Waals surface area contributed by atoms with Gasteiger partial charge < -0.3 is 20.3 Å². The van der Waals surface area contributed by atoms with E-state index in [0.29, 0.717) is 30.9 Å². The Labute approximate surface area is 141 Å². The fourth-order valence-corrected chi connectivity index (χ4v) is 3.28. The maximum atomic E-state index is 13.6. The number of nitrogens with zero attached hydrogens (tertiary/aromatic N) is 3. The van der Waals surface area contributed by atoms with Crippen molar-refractivity contribution in [2.75, 3.05) is 43.6 Å². The summed E-state index contributed by atoms with van der Waals surface area (Å²) in [5, 5.41) is 5.81. The van der Waals surface area contributed by atoms with E-state index in [1.807, 2.05) is 11.8 Å². The van der Waals surface area contributed by atoms with E-state index in [-0.39, 0.29) is 24.4 Å². The Balaban J connectivity index is 1.69. The van der Waals surface area contributed by atoms with Crippen LogP contribution in [0.15, 0.2) is 6.20 Å². The molecule has 7 nitrogen and oxygen atoms in total. The number of amides is 1. The van der Waals surface area contributed by atoms with Crippen LogP contribution in [-0.4, -0.2) is 55.3 Å². The molecule has 2 atom stereocenters. The molecule has 132 valence electrons. The third-order valence-electron chi connectivity index (χ3n) is 4.63. The zero-order chi connectivity index (χ0) is 17.1. The van der Waals surface area contributed by atoms with E-state index in [1.54, 1.807) is 7.05 Å². The third kappa shape index (κ3) is 3.75. The van der Waals surface area contributed by atoms with Gasteiger partial charge >= 0.3 is 0 Å². The van der Waals surface area contributed by atoms with Crippen molar-refractivity contribution < 1.29 is 13.9 Å². The quantitative estimate of drug-likeness (QED) is 0.773. The molecule has 1 aliphatic carbocycles. The van der Waals surface area contributed by atoms with E-state index in [1.165, 1.54) is 19.0 Å². The largest absolute Gasteiger partial charge is 0.372 e. The van der Waals surface area contributed by atoms with E-state index in [2.05, 4.69) is 20.6 Å². The van der Waals surface area contributed by atoms with E-state index in [9.17, 15) is 9.18 Å². The van der Waals surface area contributed by atoms with Crippen molar-refractivity contribution in [1.29, 1.82) is 0 Å². The molecule has 3 rings (SSSR count). The molecule has 2 N–H and O–H groups in total. The molecule has 1 aliphatic heterocycles. The number of hydrogen-bond acceptors (Lipinski definition) is 6. The highest BCUT2D eigenvalue weighted by Gasteiger charge is 2.43. The van der Waals surface area contributed by atoms with Crippen LogP contribution in [0, 0.1) is 17.7 Å². The molecule has 8 heteroatoms. The second kappa shape index (κ2) is 7.29. The minimum absolute atomic E-state index is 0.0529. The Hall–Kier alpha value is -1.96. The fraction of sp³-hybridized carbons (Fsp3) is 0.688. The van der Waals surface area contributed by atoms with Crippen molar-refractivity contribution in [3.8, 4) is 0 Å². The van der Waals surface area contributed by atoms with Crippen molar-refractivity contribution >= 4 is 17.7 Å². The van der Waals surface area contributed by atoms with Crippen LogP contribution < -0.4 is 15.5 Å². The van der Waals surface area contributed by atoms with Gasteiger partial charge in [0.05, 0.1) is 12.2 Å². The number of rotatable bonds is 7. The van der Waals surface area contributed by atoms with Crippen LogP contribution in [0.3, 0.4) is 0 Å². The van der Waals surface area contributed by atoms with Crippen molar-refractivity contribution in [2.24, 2.45) is 11.8 Å². The first kappa shape index (κ1) is 16.9. The summed E-state index contributed by atoms with van der Waals surface area (Å²) < 4.78 is 18.7. The van der Waals surface area contributed by atoms with Crippen LogP contribution in [0.2, 0.25) is 0 Å². The lowest BCUT2D eigenvalue weighted by molar-refractivity contribution is -0.126. The van der Waals surface area contributed by atoms with Gasteiger partial charge in [-0.2, -0.15) is 4.98 Å². The average molecular weight is 337 g/mol. The molecule has 1 saturated carbocycles. The standard InChI is InChI=1S/C16H24FN5O2/c1-3-24-9-14(23)20-13-8-22(7-11(13)10-4-5-10)16-19-6-12(17)15(18-2)21-16/h6,10-11,13H,3-5,7-9H2,1-2H3,(H,20,23)(H,18,19,21)/t11-,13+/m0/s1. The number of carbonyl (C=O) groups is 1. The molecule has 2 fully saturated rings. The number of ether oxygens (including phenoxy) is 1. The first-order chi connectivity index (χ1) is 11.6. The second-order valence-corrected chi connectivity index (χ2v) is 6.33. The molecule has 1 saturated heterocycles. The van der Waals surface area contributed by atoms with Gasteiger partial charge in [0.2, 0.25) is 11.9 Å². The Morgan fingerprint density at radius 3 is 2.92 bits per heavy atom. The van der Waals surface area contributed by atoms with E-state index in [0.717, 1.165) is 6.54 Å². The van der Waals surface area contributed by atoms with Gasteiger partial charge in [-0.1, -0.05) is 0 Å². The van der Waals surface area contributed by atoms with Gasteiger partial charge in [0, 0.05) is 32.7 Å². The molecular formula is C16H24FN5O2. The number of carbonyl (C=O) groups excluding carboxylic acids is 1. The van der Waals surface area contributed by atoms with Crippen LogP contribution >= 0.6 is 0 Å². The van der Waals surface area contributed by atoms with E-state index in [4.69, 9.17) is 4.74 Å². The van der Waals surface area contributed by atoms with Crippen molar-refractivity contribution in [1.82, 2.24) is 15.3 Å². The maximum absolute atomic E-state index is 13.6. The zero-order valence-electron chi connectivity index (χ0n) is 14.1. The lowest BCUT2D eigenvalue weighted by Crippen LogP contribution is -2.43. The molecule has 1 aromatic heterocycles. The third-order valence-corrected chi connectivity index (χ3v) is 4.63. The van der Waals surface area contributed by atoms with Gasteiger partial charge in [0.25, 0.3) is 0 Å². The minimum Gasteiger partial charge on any atom is -0.372 e. The molecule has 1 aromatic rings. The molecule has 0 spiro atoms. The molecule has 2 heterocycles. The average Bonchev–Trinajstić information content (AvgIpc) is 3.34. The summed E-state index contributed by atoms with van der Waals surface area (Å²) in [5.41, 5.74) is 0. The number of hydrogen-bond donors (Lipinski definition) is 2. The fourth-order valence-electron chi connectivity index (χ4n) is 3.28. The predicted molar refractivity (Wildman–Crippen MR) is 88.4 cm³/mol. The van der Waals surface area contributed by atoms with Crippen LogP contribution in [0.25, 0.3) is 0 Å². The zero-order valence-corrected chi connectivity index (χ0v) is 14.1. The molecule has 0 unspecified atom stereocenters. The smallest absolute Gasteiger partial charge is 0.246 e. The number of nitrogens with one attached hydrogen (secondary N) is 2. The SMILES string of the molecule is CCOCC(=O)N[C@@H]1CN(c2ncc(F)c(NC)n2)C[C@H]1C1CC1. The van der Waals surface area contributed by atoms with Crippen LogP contribution in [0.4, 0.5) is 16.2 Å². The lowest BCUT2D eigenvalue weighted by Gasteiger charge is -2.19. The first-order valence-corrected chi connectivity index (χ1v) is 8.44. The van der Waals surface area contributed by atoms with Crippen LogP contribution in [-0.2, 0) is 9.53 Å². The summed E-state index contributed by atoms with van der Waals surface area (Å²) >= 11 is 0. The summed E-state index contributed by atoms with van der Waals surface area (Å²) in [6, 6.07) is 0.0529. The minimum atomic E-state index is -0.472. The molecule has 0 radical (unpaired) electrons. The van der Waals surface area contributed by atoms with Crippen LogP contribution in [0.5, 0.6) is 0 Å². The summed E-state index contributed by atoms with van der Waals surface area (Å²) in [5.74, 6) is 1.13. The molecule has 2 aliphatic rings. The first-order valence-electron chi connectivity index (χ1n) is 8.44. The van der Waals surface area contributed by atoms with Crippen LogP contribution in [0.1, 0.15) is 19.8 Å². The Morgan fingerprint density at radius 1 is 1.46 bits per heavy atom. The Bertz CT molecular complexity index is 596. The van der Waals surface area contributed by atoms with E-state index < -0.39 is 5.82 Å². The molecule has 0 bridgehead atoms. The van der Waals surface area contributed by atoms with Gasteiger partial charge in [0.15, 0.2) is 11.6 Å². The summed E-state index contributed by atoms with van der Waals surface area (Å²) in [6.45, 7) is 3.88. The summed E-state index contributed by atoms with van der Waals surface area (Å²) in [6.07, 6.45) is 3.58. The normalized spacial score (nSPS) is 23.4.